The molecule has 0 saturated carbocycles. The molecule has 1 N–H and O–H groups in total. The van der Waals surface area contributed by atoms with Gasteiger partial charge in [-0.05, 0) is 13.1 Å². The summed E-state index contributed by atoms with van der Waals surface area (Å²) in [5, 5.41) is 18.3. The summed E-state index contributed by atoms with van der Waals surface area (Å²) >= 11 is 12.1. The molecule has 100 valence electrons. The van der Waals surface area contributed by atoms with Crippen LogP contribution in [0.5, 0.6) is 0 Å². The van der Waals surface area contributed by atoms with Crippen molar-refractivity contribution in [1.82, 2.24) is 15.1 Å². The Kier molecular flexibility index (Phi) is 4.04. The van der Waals surface area contributed by atoms with Gasteiger partial charge in [0.2, 0.25) is 0 Å². The number of non-ortho nitro benzene ring substituents is 1. The minimum atomic E-state index is -0.545. The molecule has 1 aromatic heterocycles. The highest BCUT2D eigenvalue weighted by Gasteiger charge is 2.16. The van der Waals surface area contributed by atoms with E-state index >= 15 is 0 Å². The molecule has 1 heterocycles. The molecule has 0 spiro atoms. The van der Waals surface area contributed by atoms with E-state index in [9.17, 15) is 10.1 Å². The van der Waals surface area contributed by atoms with Gasteiger partial charge < -0.3 is 5.32 Å². The van der Waals surface area contributed by atoms with Crippen LogP contribution in [0.15, 0.2) is 24.4 Å². The number of nitro benzene ring substituents is 1. The van der Waals surface area contributed by atoms with Crippen molar-refractivity contribution in [2.24, 2.45) is 0 Å². The molecule has 0 atom stereocenters. The molecule has 0 bridgehead atoms. The minimum absolute atomic E-state index is 0.152. The predicted molar refractivity (Wildman–Crippen MR) is 73.0 cm³/mol. The van der Waals surface area contributed by atoms with E-state index in [-0.39, 0.29) is 15.7 Å². The summed E-state index contributed by atoms with van der Waals surface area (Å²) in [6.07, 6.45) is 1.70. The van der Waals surface area contributed by atoms with E-state index in [0.29, 0.717) is 12.2 Å². The van der Waals surface area contributed by atoms with Crippen LogP contribution in [0.25, 0.3) is 5.69 Å². The maximum Gasteiger partial charge on any atom is 0.272 e. The van der Waals surface area contributed by atoms with Gasteiger partial charge in [-0.1, -0.05) is 23.2 Å². The fraction of sp³-hybridized carbons (Fsp3) is 0.182. The van der Waals surface area contributed by atoms with Crippen molar-refractivity contribution < 1.29 is 4.92 Å². The summed E-state index contributed by atoms with van der Waals surface area (Å²) in [6.45, 7) is 0.606. The summed E-state index contributed by atoms with van der Waals surface area (Å²) in [6, 6.07) is 4.31. The lowest BCUT2D eigenvalue weighted by Crippen LogP contribution is -2.06. The second-order valence-corrected chi connectivity index (χ2v) is 4.61. The highest BCUT2D eigenvalue weighted by atomic mass is 35.5. The fourth-order valence-electron chi connectivity index (χ4n) is 1.64. The SMILES string of the molecule is CNCc1ccn(-c2c(Cl)cc([N+](=O)[O-])cc2Cl)n1. The maximum absolute atomic E-state index is 10.7. The van der Waals surface area contributed by atoms with Crippen LogP contribution in [0.4, 0.5) is 5.69 Å². The molecule has 2 aromatic rings. The van der Waals surface area contributed by atoms with Crippen molar-refractivity contribution in [3.05, 3.63) is 50.2 Å². The van der Waals surface area contributed by atoms with Crippen LogP contribution in [0.2, 0.25) is 10.0 Å². The molecular weight excluding hydrogens is 291 g/mol. The zero-order valence-electron chi connectivity index (χ0n) is 9.93. The smallest absolute Gasteiger partial charge is 0.272 e. The number of rotatable bonds is 4. The van der Waals surface area contributed by atoms with Crippen molar-refractivity contribution in [2.75, 3.05) is 7.05 Å². The summed E-state index contributed by atoms with van der Waals surface area (Å²) < 4.78 is 1.50. The summed E-state index contributed by atoms with van der Waals surface area (Å²) in [7, 11) is 1.81. The zero-order valence-corrected chi connectivity index (χ0v) is 11.4. The Bertz CT molecular complexity index is 604. The quantitative estimate of drug-likeness (QED) is 0.696. The van der Waals surface area contributed by atoms with Crippen molar-refractivity contribution in [1.29, 1.82) is 0 Å². The van der Waals surface area contributed by atoms with Crippen molar-refractivity contribution >= 4 is 28.9 Å². The number of benzene rings is 1. The Morgan fingerprint density at radius 2 is 2.05 bits per heavy atom. The number of hydrogen-bond donors (Lipinski definition) is 1. The van der Waals surface area contributed by atoms with Crippen LogP contribution < -0.4 is 5.32 Å². The molecule has 2 rings (SSSR count). The van der Waals surface area contributed by atoms with Gasteiger partial charge >= 0.3 is 0 Å². The number of nitrogens with one attached hydrogen (secondary N) is 1. The van der Waals surface area contributed by atoms with Gasteiger partial charge in [-0.2, -0.15) is 5.10 Å². The van der Waals surface area contributed by atoms with Gasteiger partial charge in [-0.3, -0.25) is 10.1 Å². The molecule has 0 fully saturated rings. The van der Waals surface area contributed by atoms with E-state index in [1.165, 1.54) is 16.8 Å². The Labute approximate surface area is 119 Å². The van der Waals surface area contributed by atoms with E-state index < -0.39 is 4.92 Å². The number of nitrogens with zero attached hydrogens (tertiary/aromatic N) is 3. The molecule has 19 heavy (non-hydrogen) atoms. The Morgan fingerprint density at radius 1 is 1.42 bits per heavy atom. The first kappa shape index (κ1) is 13.8. The van der Waals surface area contributed by atoms with Crippen LogP contribution in [0, 0.1) is 10.1 Å². The van der Waals surface area contributed by atoms with Crippen molar-refractivity contribution in [3.63, 3.8) is 0 Å². The average Bonchev–Trinajstić information content (AvgIpc) is 2.77. The molecule has 0 saturated heterocycles. The van der Waals surface area contributed by atoms with E-state index in [4.69, 9.17) is 23.2 Å². The fourth-order valence-corrected chi connectivity index (χ4v) is 2.29. The Balaban J connectivity index is 2.46. The lowest BCUT2D eigenvalue weighted by atomic mass is 10.3. The summed E-state index contributed by atoms with van der Waals surface area (Å²) in [4.78, 5) is 10.2. The molecule has 0 aliphatic heterocycles. The molecular formula is C11H10Cl2N4O2. The van der Waals surface area contributed by atoms with E-state index in [1.807, 2.05) is 13.1 Å². The Hall–Kier alpha value is -1.63. The van der Waals surface area contributed by atoms with Crippen LogP contribution in [0.1, 0.15) is 5.69 Å². The monoisotopic (exact) mass is 300 g/mol. The van der Waals surface area contributed by atoms with Gasteiger partial charge in [0.1, 0.15) is 5.69 Å². The van der Waals surface area contributed by atoms with Crippen LogP contribution in [-0.4, -0.2) is 21.8 Å². The summed E-state index contributed by atoms with van der Waals surface area (Å²) in [5.74, 6) is 0. The zero-order chi connectivity index (χ0) is 14.0. The van der Waals surface area contributed by atoms with Gasteiger partial charge in [-0.15, -0.1) is 0 Å². The van der Waals surface area contributed by atoms with Gasteiger partial charge in [-0.25, -0.2) is 4.68 Å². The molecule has 0 amide bonds. The van der Waals surface area contributed by atoms with E-state index in [1.54, 1.807) is 6.20 Å². The molecule has 0 unspecified atom stereocenters. The lowest BCUT2D eigenvalue weighted by Gasteiger charge is -2.07. The highest BCUT2D eigenvalue weighted by Crippen LogP contribution is 2.32. The first-order valence-electron chi connectivity index (χ1n) is 5.36. The predicted octanol–water partition coefficient (Wildman–Crippen LogP) is 2.81. The minimum Gasteiger partial charge on any atom is -0.314 e. The molecule has 0 aliphatic rings. The topological polar surface area (TPSA) is 73.0 Å². The molecule has 0 aliphatic carbocycles. The third kappa shape index (κ3) is 2.86. The van der Waals surface area contributed by atoms with Crippen LogP contribution in [0.3, 0.4) is 0 Å². The number of hydrogen-bond acceptors (Lipinski definition) is 4. The van der Waals surface area contributed by atoms with E-state index in [2.05, 4.69) is 10.4 Å². The van der Waals surface area contributed by atoms with E-state index in [0.717, 1.165) is 5.69 Å². The average molecular weight is 301 g/mol. The van der Waals surface area contributed by atoms with Crippen molar-refractivity contribution in [2.45, 2.75) is 6.54 Å². The lowest BCUT2D eigenvalue weighted by molar-refractivity contribution is -0.384. The number of aromatic nitrogens is 2. The van der Waals surface area contributed by atoms with Crippen LogP contribution in [-0.2, 0) is 6.54 Å². The molecule has 6 nitrogen and oxygen atoms in total. The van der Waals surface area contributed by atoms with Gasteiger partial charge in [0.15, 0.2) is 0 Å². The second kappa shape index (κ2) is 5.56. The highest BCUT2D eigenvalue weighted by molar-refractivity contribution is 6.38. The first-order chi connectivity index (χ1) is 9.02. The first-order valence-corrected chi connectivity index (χ1v) is 6.11. The number of halogens is 2. The van der Waals surface area contributed by atoms with Gasteiger partial charge in [0.05, 0.1) is 20.7 Å². The summed E-state index contributed by atoms with van der Waals surface area (Å²) in [5.41, 5.74) is 1.09. The van der Waals surface area contributed by atoms with Crippen molar-refractivity contribution in [3.8, 4) is 5.69 Å². The van der Waals surface area contributed by atoms with Gasteiger partial charge in [0.25, 0.3) is 5.69 Å². The van der Waals surface area contributed by atoms with Crippen LogP contribution >= 0.6 is 23.2 Å². The third-order valence-electron chi connectivity index (χ3n) is 2.44. The molecule has 0 radical (unpaired) electrons. The largest absolute Gasteiger partial charge is 0.314 e. The Morgan fingerprint density at radius 3 is 2.58 bits per heavy atom. The third-order valence-corrected chi connectivity index (χ3v) is 3.02. The normalized spacial score (nSPS) is 10.7. The molecule has 1 aromatic carbocycles. The van der Waals surface area contributed by atoms with Gasteiger partial charge in [0, 0.05) is 24.9 Å². The number of nitro groups is 1. The molecule has 8 heteroatoms. The maximum atomic E-state index is 10.7. The standard InChI is InChI=1S/C11H10Cl2N4O2/c1-14-6-7-2-3-16(15-7)11-9(12)4-8(17(18)19)5-10(11)13/h2-5,14H,6H2,1H3. The second-order valence-electron chi connectivity index (χ2n) is 3.80.